The Morgan fingerprint density at radius 1 is 1.24 bits per heavy atom. The van der Waals surface area contributed by atoms with E-state index in [1.807, 2.05) is 0 Å². The minimum absolute atomic E-state index is 0. The van der Waals surface area contributed by atoms with Crippen LogP contribution in [0.15, 0.2) is 0 Å². The van der Waals surface area contributed by atoms with Gasteiger partial charge in [-0.25, -0.2) is 0 Å². The molecule has 2 rings (SSSR count). The molecule has 2 atom stereocenters. The molecular formula is C10H16Cl4N2O. The van der Waals surface area contributed by atoms with Gasteiger partial charge >= 0.3 is 0 Å². The largest absolute Gasteiger partial charge is 0.350 e. The van der Waals surface area contributed by atoms with Crippen molar-refractivity contribution in [2.75, 3.05) is 7.05 Å². The molecule has 7 heteroatoms. The van der Waals surface area contributed by atoms with Crippen LogP contribution in [0.4, 0.5) is 0 Å². The lowest BCUT2D eigenvalue weighted by atomic mass is 9.98. The number of alkyl halides is 3. The number of nitrogens with one attached hydrogen (secondary N) is 1. The molecule has 2 heterocycles. The van der Waals surface area contributed by atoms with Gasteiger partial charge in [0.05, 0.1) is 0 Å². The maximum Gasteiger partial charge on any atom is 0.272 e. The normalized spacial score (nSPS) is 33.1. The maximum absolute atomic E-state index is 11.5. The number of nitrogens with zero attached hydrogens (tertiary/aromatic N) is 1. The van der Waals surface area contributed by atoms with Crippen LogP contribution in [0.5, 0.6) is 0 Å². The summed E-state index contributed by atoms with van der Waals surface area (Å²) in [5.74, 6) is -0.508. The third-order valence-corrected chi connectivity index (χ3v) is 4.21. The second-order valence-corrected chi connectivity index (χ2v) is 6.97. The number of piperidine rings is 1. The first-order valence-electron chi connectivity index (χ1n) is 5.47. The van der Waals surface area contributed by atoms with Gasteiger partial charge in [0.25, 0.3) is 9.70 Å². The zero-order valence-corrected chi connectivity index (χ0v) is 12.5. The topological polar surface area (TPSA) is 32.3 Å². The maximum atomic E-state index is 11.5. The van der Waals surface area contributed by atoms with Crippen LogP contribution in [0.1, 0.15) is 25.7 Å². The van der Waals surface area contributed by atoms with Crippen LogP contribution < -0.4 is 5.32 Å². The monoisotopic (exact) mass is 320 g/mol. The van der Waals surface area contributed by atoms with E-state index in [-0.39, 0.29) is 18.4 Å². The second-order valence-electron chi connectivity index (χ2n) is 4.69. The fraction of sp³-hybridized carbons (Fsp3) is 0.900. The van der Waals surface area contributed by atoms with Gasteiger partial charge in [-0.15, -0.1) is 12.4 Å². The van der Waals surface area contributed by atoms with E-state index >= 15 is 0 Å². The van der Waals surface area contributed by atoms with Crippen molar-refractivity contribution in [2.24, 2.45) is 0 Å². The van der Waals surface area contributed by atoms with E-state index in [0.717, 1.165) is 12.8 Å². The average molecular weight is 322 g/mol. The van der Waals surface area contributed by atoms with Gasteiger partial charge in [0, 0.05) is 18.1 Å². The van der Waals surface area contributed by atoms with E-state index in [9.17, 15) is 4.79 Å². The highest BCUT2D eigenvalue weighted by atomic mass is 35.6. The first-order valence-corrected chi connectivity index (χ1v) is 6.61. The number of rotatable bonds is 1. The summed E-state index contributed by atoms with van der Waals surface area (Å²) in [6.07, 6.45) is 4.33. The molecule has 1 amide bonds. The van der Waals surface area contributed by atoms with Crippen molar-refractivity contribution >= 4 is 53.1 Å². The lowest BCUT2D eigenvalue weighted by Gasteiger charge is -2.36. The molecule has 100 valence electrons. The summed E-state index contributed by atoms with van der Waals surface area (Å²) in [6.45, 7) is 0. The Bertz CT molecular complexity index is 281. The molecular weight excluding hydrogens is 306 g/mol. The van der Waals surface area contributed by atoms with Crippen molar-refractivity contribution in [3.8, 4) is 0 Å². The van der Waals surface area contributed by atoms with Crippen LogP contribution in [-0.2, 0) is 4.79 Å². The number of halogens is 4. The van der Waals surface area contributed by atoms with E-state index in [2.05, 4.69) is 17.3 Å². The van der Waals surface area contributed by atoms with Gasteiger partial charge < -0.3 is 10.2 Å². The van der Waals surface area contributed by atoms with Gasteiger partial charge in [-0.1, -0.05) is 34.8 Å². The number of hydrogen-bond acceptors (Lipinski definition) is 2. The van der Waals surface area contributed by atoms with Gasteiger partial charge in [0.15, 0.2) is 0 Å². The summed E-state index contributed by atoms with van der Waals surface area (Å²) in [5.41, 5.74) is 0. The smallest absolute Gasteiger partial charge is 0.272 e. The third kappa shape index (κ3) is 3.54. The SMILES string of the molecule is CN1C2CCC1CC(NC(=O)C(Cl)(Cl)Cl)C2.Cl. The molecule has 0 aromatic heterocycles. The van der Waals surface area contributed by atoms with Crippen LogP contribution in [0.25, 0.3) is 0 Å². The van der Waals surface area contributed by atoms with Gasteiger partial charge in [-0.2, -0.15) is 0 Å². The molecule has 0 aliphatic carbocycles. The summed E-state index contributed by atoms with van der Waals surface area (Å²) < 4.78 is -1.84. The number of carbonyl (C=O) groups is 1. The first-order chi connectivity index (χ1) is 7.38. The molecule has 3 nitrogen and oxygen atoms in total. The first kappa shape index (κ1) is 15.6. The van der Waals surface area contributed by atoms with Crippen LogP contribution in [0.2, 0.25) is 0 Å². The summed E-state index contributed by atoms with van der Waals surface area (Å²) in [7, 11) is 2.15. The standard InChI is InChI=1S/C10H15Cl3N2O.ClH/c1-15-7-2-3-8(15)5-6(4-7)14-9(16)10(11,12)13;/h6-8H,2-5H2,1H3,(H,14,16);1H. The summed E-state index contributed by atoms with van der Waals surface area (Å²) >= 11 is 16.6. The number of hydrogen-bond donors (Lipinski definition) is 1. The van der Waals surface area contributed by atoms with E-state index in [0.29, 0.717) is 12.1 Å². The zero-order valence-electron chi connectivity index (χ0n) is 9.46. The van der Waals surface area contributed by atoms with Gasteiger partial charge in [-0.05, 0) is 32.7 Å². The van der Waals surface area contributed by atoms with Crippen LogP contribution in [0, 0.1) is 0 Å². The van der Waals surface area contributed by atoms with Gasteiger partial charge in [0.1, 0.15) is 0 Å². The van der Waals surface area contributed by atoms with E-state index in [1.165, 1.54) is 12.8 Å². The Labute approximate surface area is 123 Å². The Kier molecular flexibility index (Phi) is 5.25. The van der Waals surface area contributed by atoms with Crippen LogP contribution in [0.3, 0.4) is 0 Å². The molecule has 2 saturated heterocycles. The van der Waals surface area contributed by atoms with Crippen molar-refractivity contribution in [3.63, 3.8) is 0 Å². The molecule has 17 heavy (non-hydrogen) atoms. The molecule has 0 aromatic carbocycles. The van der Waals surface area contributed by atoms with E-state index in [1.54, 1.807) is 0 Å². The molecule has 0 radical (unpaired) electrons. The molecule has 1 N–H and O–H groups in total. The van der Waals surface area contributed by atoms with Crippen molar-refractivity contribution in [1.82, 2.24) is 10.2 Å². The lowest BCUT2D eigenvalue weighted by molar-refractivity contribution is -0.121. The number of fused-ring (bicyclic) bond motifs is 2. The van der Waals surface area contributed by atoms with Crippen LogP contribution >= 0.6 is 47.2 Å². The minimum Gasteiger partial charge on any atom is -0.350 e. The Morgan fingerprint density at radius 3 is 2.12 bits per heavy atom. The summed E-state index contributed by atoms with van der Waals surface area (Å²) in [4.78, 5) is 13.9. The van der Waals surface area contributed by atoms with Crippen molar-refractivity contribution in [3.05, 3.63) is 0 Å². The molecule has 2 aliphatic heterocycles. The molecule has 2 bridgehead atoms. The van der Waals surface area contributed by atoms with Crippen molar-refractivity contribution in [2.45, 2.75) is 47.6 Å². The fourth-order valence-electron chi connectivity index (χ4n) is 2.80. The van der Waals surface area contributed by atoms with Gasteiger partial charge in [-0.3, -0.25) is 4.79 Å². The average Bonchev–Trinajstić information content (AvgIpc) is 2.41. The third-order valence-electron chi connectivity index (χ3n) is 3.69. The highest BCUT2D eigenvalue weighted by molar-refractivity contribution is 6.76. The predicted molar refractivity (Wildman–Crippen MR) is 73.3 cm³/mol. The van der Waals surface area contributed by atoms with Gasteiger partial charge in [0.2, 0.25) is 0 Å². The quantitative estimate of drug-likeness (QED) is 0.753. The molecule has 2 fully saturated rings. The molecule has 2 unspecified atom stereocenters. The zero-order chi connectivity index (χ0) is 11.9. The molecule has 0 saturated carbocycles. The molecule has 2 aliphatic rings. The van der Waals surface area contributed by atoms with Crippen molar-refractivity contribution < 1.29 is 4.79 Å². The number of carbonyl (C=O) groups excluding carboxylic acids is 1. The summed E-state index contributed by atoms with van der Waals surface area (Å²) in [5, 5.41) is 2.82. The highest BCUT2D eigenvalue weighted by Crippen LogP contribution is 2.35. The molecule has 0 spiro atoms. The highest BCUT2D eigenvalue weighted by Gasteiger charge is 2.40. The predicted octanol–water partition coefficient (Wildman–Crippen LogP) is 2.52. The van der Waals surface area contributed by atoms with Crippen molar-refractivity contribution in [1.29, 1.82) is 0 Å². The fourth-order valence-corrected chi connectivity index (χ4v) is 2.96. The number of amides is 1. The van der Waals surface area contributed by atoms with E-state index < -0.39 is 9.70 Å². The Hall–Kier alpha value is 0.590. The Balaban J connectivity index is 0.00000144. The molecule has 0 aromatic rings. The minimum atomic E-state index is -1.84. The lowest BCUT2D eigenvalue weighted by Crippen LogP contribution is -2.50. The summed E-state index contributed by atoms with van der Waals surface area (Å²) in [6, 6.07) is 1.29. The second kappa shape index (κ2) is 5.70. The Morgan fingerprint density at radius 2 is 1.71 bits per heavy atom. The van der Waals surface area contributed by atoms with E-state index in [4.69, 9.17) is 34.8 Å². The van der Waals surface area contributed by atoms with Crippen LogP contribution in [-0.4, -0.2) is 39.8 Å².